The second-order valence-corrected chi connectivity index (χ2v) is 4.96. The topological polar surface area (TPSA) is 93.2 Å². The van der Waals surface area contributed by atoms with E-state index in [-0.39, 0.29) is 17.1 Å². The maximum atomic E-state index is 11.5. The summed E-state index contributed by atoms with van der Waals surface area (Å²) in [6.45, 7) is 1.31. The van der Waals surface area contributed by atoms with Crippen molar-refractivity contribution in [2.75, 3.05) is 11.9 Å². The lowest BCUT2D eigenvalue weighted by Gasteiger charge is -2.04. The quantitative estimate of drug-likeness (QED) is 0.652. The molecular weight excluding hydrogens is 296 g/mol. The molecule has 0 fully saturated rings. The zero-order valence-electron chi connectivity index (χ0n) is 12.3. The van der Waals surface area contributed by atoms with Gasteiger partial charge in [0.15, 0.2) is 17.1 Å². The molecule has 0 bridgehead atoms. The predicted molar refractivity (Wildman–Crippen MR) is 84.2 cm³/mol. The Kier molecular flexibility index (Phi) is 4.37. The van der Waals surface area contributed by atoms with Crippen molar-refractivity contribution >= 4 is 11.8 Å². The van der Waals surface area contributed by atoms with Crippen LogP contribution in [0.5, 0.6) is 0 Å². The van der Waals surface area contributed by atoms with Gasteiger partial charge in [0.25, 0.3) is 0 Å². The summed E-state index contributed by atoms with van der Waals surface area (Å²) in [7, 11) is 0. The standard InChI is InChI=1S/C16H16N4O3/c21-16(22)13-14(12-6-2-1-3-7-12)23-19-15(13)17-8-4-10-20-11-5-9-18-20/h1-3,5-7,9,11H,4,8,10H2,(H,17,19)(H,21,22). The number of carbonyl (C=O) groups is 1. The van der Waals surface area contributed by atoms with E-state index < -0.39 is 5.97 Å². The molecule has 2 aromatic heterocycles. The van der Waals surface area contributed by atoms with Gasteiger partial charge in [-0.3, -0.25) is 4.68 Å². The van der Waals surface area contributed by atoms with E-state index in [2.05, 4.69) is 15.6 Å². The first kappa shape index (κ1) is 14.8. The number of nitrogens with zero attached hydrogens (tertiary/aromatic N) is 3. The largest absolute Gasteiger partial charge is 0.477 e. The van der Waals surface area contributed by atoms with Crippen LogP contribution in [0.15, 0.2) is 53.3 Å². The fourth-order valence-corrected chi connectivity index (χ4v) is 2.28. The molecule has 7 heteroatoms. The van der Waals surface area contributed by atoms with Crippen molar-refractivity contribution in [1.29, 1.82) is 0 Å². The third-order valence-corrected chi connectivity index (χ3v) is 3.36. The number of hydrogen-bond donors (Lipinski definition) is 2. The molecule has 118 valence electrons. The second kappa shape index (κ2) is 6.78. The van der Waals surface area contributed by atoms with Crippen LogP contribution < -0.4 is 5.32 Å². The Balaban J connectivity index is 1.70. The highest BCUT2D eigenvalue weighted by Crippen LogP contribution is 2.29. The molecule has 0 aliphatic heterocycles. The fraction of sp³-hybridized carbons (Fsp3) is 0.188. The van der Waals surface area contributed by atoms with Crippen LogP contribution in [0.25, 0.3) is 11.3 Å². The summed E-state index contributed by atoms with van der Waals surface area (Å²) < 4.78 is 7.05. The molecular formula is C16H16N4O3. The zero-order valence-corrected chi connectivity index (χ0v) is 12.3. The van der Waals surface area contributed by atoms with Crippen LogP contribution in [0.3, 0.4) is 0 Å². The number of aromatic nitrogens is 3. The van der Waals surface area contributed by atoms with Gasteiger partial charge in [0.2, 0.25) is 0 Å². The maximum absolute atomic E-state index is 11.5. The maximum Gasteiger partial charge on any atom is 0.343 e. The SMILES string of the molecule is O=C(O)c1c(NCCCn2cccn2)noc1-c1ccccc1. The Morgan fingerprint density at radius 3 is 2.78 bits per heavy atom. The Hall–Kier alpha value is -3.09. The number of rotatable bonds is 7. The van der Waals surface area contributed by atoms with Gasteiger partial charge in [-0.1, -0.05) is 35.5 Å². The molecule has 3 aromatic rings. The van der Waals surface area contributed by atoms with Gasteiger partial charge in [-0.05, 0) is 12.5 Å². The zero-order chi connectivity index (χ0) is 16.1. The van der Waals surface area contributed by atoms with Gasteiger partial charge in [0, 0.05) is 31.0 Å². The number of anilines is 1. The van der Waals surface area contributed by atoms with Crippen molar-refractivity contribution in [3.63, 3.8) is 0 Å². The van der Waals surface area contributed by atoms with E-state index in [1.165, 1.54) is 0 Å². The van der Waals surface area contributed by atoms with Crippen molar-refractivity contribution in [2.24, 2.45) is 0 Å². The Morgan fingerprint density at radius 2 is 2.09 bits per heavy atom. The average molecular weight is 312 g/mol. The van der Waals surface area contributed by atoms with Gasteiger partial charge < -0.3 is 14.9 Å². The van der Waals surface area contributed by atoms with Crippen molar-refractivity contribution in [3.05, 3.63) is 54.4 Å². The van der Waals surface area contributed by atoms with Gasteiger partial charge in [-0.2, -0.15) is 5.10 Å². The third kappa shape index (κ3) is 3.39. The van der Waals surface area contributed by atoms with Gasteiger partial charge in [0.05, 0.1) is 0 Å². The normalized spacial score (nSPS) is 10.6. The van der Waals surface area contributed by atoms with Crippen molar-refractivity contribution in [3.8, 4) is 11.3 Å². The summed E-state index contributed by atoms with van der Waals surface area (Å²) in [5.74, 6) is -0.566. The number of carboxylic acid groups (broad SMARTS) is 1. The molecule has 0 aliphatic carbocycles. The molecule has 0 aliphatic rings. The highest BCUT2D eigenvalue weighted by atomic mass is 16.5. The van der Waals surface area contributed by atoms with Crippen LogP contribution in [0.1, 0.15) is 16.8 Å². The molecule has 7 nitrogen and oxygen atoms in total. The third-order valence-electron chi connectivity index (χ3n) is 3.36. The smallest absolute Gasteiger partial charge is 0.343 e. The average Bonchev–Trinajstić information content (AvgIpc) is 3.22. The monoisotopic (exact) mass is 312 g/mol. The summed E-state index contributed by atoms with van der Waals surface area (Å²) in [6.07, 6.45) is 4.39. The second-order valence-electron chi connectivity index (χ2n) is 4.96. The number of aromatic carboxylic acids is 1. The van der Waals surface area contributed by atoms with Crippen LogP contribution in [0.2, 0.25) is 0 Å². The lowest BCUT2D eigenvalue weighted by Crippen LogP contribution is -2.10. The first-order valence-corrected chi connectivity index (χ1v) is 7.25. The van der Waals surface area contributed by atoms with Gasteiger partial charge >= 0.3 is 5.97 Å². The van der Waals surface area contributed by atoms with Gasteiger partial charge in [0.1, 0.15) is 0 Å². The molecule has 2 heterocycles. The highest BCUT2D eigenvalue weighted by molar-refractivity contribution is 5.99. The molecule has 2 N–H and O–H groups in total. The van der Waals surface area contributed by atoms with Crippen LogP contribution in [0, 0.1) is 0 Å². The van der Waals surface area contributed by atoms with E-state index in [4.69, 9.17) is 4.52 Å². The van der Waals surface area contributed by atoms with Crippen molar-refractivity contribution in [1.82, 2.24) is 14.9 Å². The summed E-state index contributed by atoms with van der Waals surface area (Å²) in [5, 5.41) is 20.4. The summed E-state index contributed by atoms with van der Waals surface area (Å²) >= 11 is 0. The number of nitrogens with one attached hydrogen (secondary N) is 1. The van der Waals surface area contributed by atoms with Crippen molar-refractivity contribution < 1.29 is 14.4 Å². The first-order chi connectivity index (χ1) is 11.3. The lowest BCUT2D eigenvalue weighted by atomic mass is 10.1. The van der Waals surface area contributed by atoms with Crippen LogP contribution in [0.4, 0.5) is 5.82 Å². The molecule has 3 rings (SSSR count). The molecule has 0 spiro atoms. The van der Waals surface area contributed by atoms with Crippen LogP contribution in [-0.2, 0) is 6.54 Å². The minimum absolute atomic E-state index is 0.0512. The van der Waals surface area contributed by atoms with E-state index in [0.717, 1.165) is 13.0 Å². The highest BCUT2D eigenvalue weighted by Gasteiger charge is 2.23. The van der Waals surface area contributed by atoms with Gasteiger partial charge in [-0.25, -0.2) is 4.79 Å². The van der Waals surface area contributed by atoms with Crippen LogP contribution in [-0.4, -0.2) is 32.6 Å². The molecule has 23 heavy (non-hydrogen) atoms. The Labute approximate surface area is 132 Å². The lowest BCUT2D eigenvalue weighted by molar-refractivity contribution is 0.0698. The van der Waals surface area contributed by atoms with E-state index in [1.807, 2.05) is 35.1 Å². The first-order valence-electron chi connectivity index (χ1n) is 7.25. The van der Waals surface area contributed by atoms with E-state index in [0.29, 0.717) is 12.1 Å². The molecule has 0 radical (unpaired) electrons. The summed E-state index contributed by atoms with van der Waals surface area (Å²) in [5.41, 5.74) is 0.734. The summed E-state index contributed by atoms with van der Waals surface area (Å²) in [4.78, 5) is 11.5. The molecule has 0 amide bonds. The number of carboxylic acids is 1. The number of hydrogen-bond acceptors (Lipinski definition) is 5. The molecule has 0 saturated heterocycles. The van der Waals surface area contributed by atoms with Crippen LogP contribution >= 0.6 is 0 Å². The van der Waals surface area contributed by atoms with E-state index in [9.17, 15) is 9.90 Å². The van der Waals surface area contributed by atoms with E-state index in [1.54, 1.807) is 18.3 Å². The molecule has 0 unspecified atom stereocenters. The van der Waals surface area contributed by atoms with Gasteiger partial charge in [-0.15, -0.1) is 0 Å². The molecule has 0 saturated carbocycles. The predicted octanol–water partition coefficient (Wildman–Crippen LogP) is 2.74. The number of aryl methyl sites for hydroxylation is 1. The van der Waals surface area contributed by atoms with E-state index >= 15 is 0 Å². The number of benzene rings is 1. The Morgan fingerprint density at radius 1 is 1.26 bits per heavy atom. The Bertz CT molecular complexity index is 766. The fourth-order valence-electron chi connectivity index (χ4n) is 2.28. The minimum atomic E-state index is -1.07. The minimum Gasteiger partial charge on any atom is -0.477 e. The van der Waals surface area contributed by atoms with Crippen molar-refractivity contribution in [2.45, 2.75) is 13.0 Å². The molecule has 1 aromatic carbocycles. The molecule has 0 atom stereocenters. The summed E-state index contributed by atoms with van der Waals surface area (Å²) in [6, 6.07) is 10.9.